The van der Waals surface area contributed by atoms with Gasteiger partial charge in [-0.15, -0.1) is 0 Å². The summed E-state index contributed by atoms with van der Waals surface area (Å²) in [6.45, 7) is 10.8. The molecule has 0 aliphatic carbocycles. The molecule has 6 heteroatoms. The number of rotatable bonds is 11. The van der Waals surface area contributed by atoms with E-state index >= 15 is 0 Å². The number of carbonyl (C=O) groups excluding carboxylic acids is 2. The quantitative estimate of drug-likeness (QED) is 0.251. The van der Waals surface area contributed by atoms with E-state index < -0.39 is 5.60 Å². The van der Waals surface area contributed by atoms with Gasteiger partial charge in [-0.3, -0.25) is 9.59 Å². The van der Waals surface area contributed by atoms with Crippen LogP contribution in [-0.2, 0) is 14.9 Å². The van der Waals surface area contributed by atoms with Gasteiger partial charge in [0.15, 0.2) is 0 Å². The standard InChI is InChI=1S/C36H46N2O4/c1-35(2,3)42-33(39)26-36(4,28-12-7-6-8-13-28)22-11-23-38-24-20-29(21-25-38)37-34(40)32-15-10-9-14-31(32)27-16-18-30(41-5)19-17-27/h6-10,12-19,29H,11,20-26H2,1-5H3,(H,37,40). The maximum atomic E-state index is 13.3. The van der Waals surface area contributed by atoms with Crippen LogP contribution in [0.1, 0.15) is 75.7 Å². The number of methoxy groups -OCH3 is 1. The lowest BCUT2D eigenvalue weighted by Gasteiger charge is -2.34. The van der Waals surface area contributed by atoms with Crippen molar-refractivity contribution in [3.63, 3.8) is 0 Å². The van der Waals surface area contributed by atoms with Crippen LogP contribution >= 0.6 is 0 Å². The number of nitrogens with zero attached hydrogens (tertiary/aromatic N) is 1. The number of likely N-dealkylation sites (tertiary alicyclic amines) is 1. The number of carbonyl (C=O) groups is 2. The molecule has 3 aromatic carbocycles. The maximum absolute atomic E-state index is 13.3. The molecule has 0 radical (unpaired) electrons. The van der Waals surface area contributed by atoms with Crippen molar-refractivity contribution in [1.82, 2.24) is 10.2 Å². The van der Waals surface area contributed by atoms with E-state index in [-0.39, 0.29) is 23.3 Å². The summed E-state index contributed by atoms with van der Waals surface area (Å²) >= 11 is 0. The van der Waals surface area contributed by atoms with Gasteiger partial charge in [-0.2, -0.15) is 0 Å². The highest BCUT2D eigenvalue weighted by Gasteiger charge is 2.32. The fraction of sp³-hybridized carbons (Fsp3) is 0.444. The number of ether oxygens (including phenoxy) is 2. The van der Waals surface area contributed by atoms with Crippen molar-refractivity contribution in [2.24, 2.45) is 0 Å². The van der Waals surface area contributed by atoms with Gasteiger partial charge in [-0.25, -0.2) is 0 Å². The van der Waals surface area contributed by atoms with Crippen molar-refractivity contribution in [2.45, 2.75) is 76.9 Å². The largest absolute Gasteiger partial charge is 0.497 e. The first-order valence-electron chi connectivity index (χ1n) is 15.1. The van der Waals surface area contributed by atoms with Crippen molar-refractivity contribution in [3.8, 4) is 16.9 Å². The highest BCUT2D eigenvalue weighted by molar-refractivity contribution is 6.01. The van der Waals surface area contributed by atoms with Crippen LogP contribution in [0.4, 0.5) is 0 Å². The molecule has 1 aliphatic heterocycles. The highest BCUT2D eigenvalue weighted by Crippen LogP contribution is 2.34. The Balaban J connectivity index is 1.29. The Morgan fingerprint density at radius 1 is 0.881 bits per heavy atom. The van der Waals surface area contributed by atoms with Gasteiger partial charge in [0.1, 0.15) is 11.4 Å². The molecule has 1 saturated heterocycles. The van der Waals surface area contributed by atoms with E-state index in [2.05, 4.69) is 29.3 Å². The van der Waals surface area contributed by atoms with Gasteiger partial charge >= 0.3 is 5.97 Å². The minimum absolute atomic E-state index is 0.0272. The Bertz CT molecular complexity index is 1310. The first-order valence-corrected chi connectivity index (χ1v) is 15.1. The number of hydrogen-bond donors (Lipinski definition) is 1. The van der Waals surface area contributed by atoms with E-state index in [0.717, 1.165) is 62.2 Å². The Morgan fingerprint density at radius 3 is 2.17 bits per heavy atom. The molecule has 42 heavy (non-hydrogen) atoms. The molecule has 1 aliphatic rings. The van der Waals surface area contributed by atoms with Gasteiger partial charge in [0.05, 0.1) is 13.5 Å². The van der Waals surface area contributed by atoms with Crippen LogP contribution in [0.2, 0.25) is 0 Å². The minimum atomic E-state index is -0.494. The van der Waals surface area contributed by atoms with E-state index in [9.17, 15) is 9.59 Å². The lowest BCUT2D eigenvalue weighted by molar-refractivity contribution is -0.156. The van der Waals surface area contributed by atoms with Crippen LogP contribution in [0.15, 0.2) is 78.9 Å². The third kappa shape index (κ3) is 8.68. The molecule has 1 heterocycles. The fourth-order valence-corrected chi connectivity index (χ4v) is 5.83. The van der Waals surface area contributed by atoms with Gasteiger partial charge in [0.25, 0.3) is 5.91 Å². The molecular weight excluding hydrogens is 524 g/mol. The molecule has 0 aromatic heterocycles. The van der Waals surface area contributed by atoms with Gasteiger partial charge in [-0.05, 0) is 87.9 Å². The van der Waals surface area contributed by atoms with Crippen molar-refractivity contribution in [3.05, 3.63) is 90.0 Å². The van der Waals surface area contributed by atoms with Gasteiger partial charge in [0, 0.05) is 30.1 Å². The van der Waals surface area contributed by atoms with Crippen LogP contribution in [0.3, 0.4) is 0 Å². The third-order valence-corrected chi connectivity index (χ3v) is 8.12. The van der Waals surface area contributed by atoms with Crippen molar-refractivity contribution in [2.75, 3.05) is 26.7 Å². The Labute approximate surface area is 251 Å². The van der Waals surface area contributed by atoms with Crippen LogP contribution < -0.4 is 10.1 Å². The summed E-state index contributed by atoms with van der Waals surface area (Å²) < 4.78 is 11.0. The van der Waals surface area contributed by atoms with Gasteiger partial charge in [0.2, 0.25) is 0 Å². The van der Waals surface area contributed by atoms with E-state index in [0.29, 0.717) is 12.0 Å². The monoisotopic (exact) mass is 570 g/mol. The smallest absolute Gasteiger partial charge is 0.307 e. The molecule has 4 rings (SSSR count). The molecule has 0 saturated carbocycles. The second kappa shape index (κ2) is 14.0. The molecule has 1 unspecified atom stereocenters. The van der Waals surface area contributed by atoms with Crippen LogP contribution in [0.5, 0.6) is 5.75 Å². The number of hydrogen-bond acceptors (Lipinski definition) is 5. The Kier molecular flexibility index (Phi) is 10.4. The second-order valence-corrected chi connectivity index (χ2v) is 12.7. The minimum Gasteiger partial charge on any atom is -0.497 e. The number of amides is 1. The van der Waals surface area contributed by atoms with Gasteiger partial charge in [-0.1, -0.05) is 67.6 Å². The predicted octanol–water partition coefficient (Wildman–Crippen LogP) is 7.03. The SMILES string of the molecule is COc1ccc(-c2ccccc2C(=O)NC2CCN(CCCC(C)(CC(=O)OC(C)(C)C)c3ccccc3)CC2)cc1. The fourth-order valence-electron chi connectivity index (χ4n) is 5.83. The summed E-state index contributed by atoms with van der Waals surface area (Å²) in [6, 6.07) is 26.0. The first-order chi connectivity index (χ1) is 20.1. The molecule has 1 amide bonds. The van der Waals surface area contributed by atoms with Crippen molar-refractivity contribution >= 4 is 11.9 Å². The second-order valence-electron chi connectivity index (χ2n) is 12.7. The van der Waals surface area contributed by atoms with Gasteiger partial charge < -0.3 is 19.7 Å². The van der Waals surface area contributed by atoms with E-state index in [1.54, 1.807) is 7.11 Å². The summed E-state index contributed by atoms with van der Waals surface area (Å²) in [5.41, 5.74) is 3.00. The molecule has 1 fully saturated rings. The summed E-state index contributed by atoms with van der Waals surface area (Å²) in [4.78, 5) is 28.6. The number of benzene rings is 3. The molecule has 1 atom stereocenters. The van der Waals surface area contributed by atoms with E-state index in [1.807, 2.05) is 87.5 Å². The van der Waals surface area contributed by atoms with Crippen molar-refractivity contribution < 1.29 is 19.1 Å². The van der Waals surface area contributed by atoms with Crippen LogP contribution in [-0.4, -0.2) is 55.2 Å². The van der Waals surface area contributed by atoms with Crippen molar-refractivity contribution in [1.29, 1.82) is 0 Å². The molecule has 224 valence electrons. The zero-order valence-corrected chi connectivity index (χ0v) is 25.8. The maximum Gasteiger partial charge on any atom is 0.307 e. The Hall–Kier alpha value is -3.64. The molecule has 1 N–H and O–H groups in total. The predicted molar refractivity (Wildman–Crippen MR) is 169 cm³/mol. The van der Waals surface area contributed by atoms with E-state index in [1.165, 1.54) is 5.56 Å². The molecule has 0 bridgehead atoms. The zero-order chi connectivity index (χ0) is 30.2. The molecule has 0 spiro atoms. The summed E-state index contributed by atoms with van der Waals surface area (Å²) in [5, 5.41) is 3.29. The van der Waals surface area contributed by atoms with Crippen LogP contribution in [0.25, 0.3) is 11.1 Å². The molecular formula is C36H46N2O4. The lowest BCUT2D eigenvalue weighted by atomic mass is 9.75. The molecule has 6 nitrogen and oxygen atoms in total. The number of piperidine rings is 1. The average molecular weight is 571 g/mol. The van der Waals surface area contributed by atoms with E-state index in [4.69, 9.17) is 9.47 Å². The first kappa shape index (κ1) is 31.3. The summed E-state index contributed by atoms with van der Waals surface area (Å²) in [7, 11) is 1.65. The normalized spacial score (nSPS) is 15.9. The number of nitrogens with one attached hydrogen (secondary N) is 1. The highest BCUT2D eigenvalue weighted by atomic mass is 16.6. The lowest BCUT2D eigenvalue weighted by Crippen LogP contribution is -2.45. The average Bonchev–Trinajstić information content (AvgIpc) is 2.97. The summed E-state index contributed by atoms with van der Waals surface area (Å²) in [6.07, 6.45) is 4.09. The topological polar surface area (TPSA) is 67.9 Å². The Morgan fingerprint density at radius 2 is 1.52 bits per heavy atom. The third-order valence-electron chi connectivity index (χ3n) is 8.12. The van der Waals surface area contributed by atoms with Crippen LogP contribution in [0, 0.1) is 0 Å². The number of esters is 1. The zero-order valence-electron chi connectivity index (χ0n) is 25.8. The summed E-state index contributed by atoms with van der Waals surface area (Å²) in [5.74, 6) is 0.611. The molecule has 3 aromatic rings.